The number of carbonyl (C=O) groups is 5. The SMILES string of the molecule is CC(C)(C)OC(=O)N1CCOc2cc(C(NC(=O)[C@@H]3[C@@H]4[C@H](CN3C(=O)[C@@H](NC(=O)C(F)(F)F)C(C)(C)C)C4(C)C)C(N)=O)ccc21. The van der Waals surface area contributed by atoms with Gasteiger partial charge in [-0.3, -0.25) is 24.1 Å². The molecule has 2 fully saturated rings. The quantitative estimate of drug-likeness (QED) is 0.426. The number of fused-ring (bicyclic) bond motifs is 2. The number of hydrogen-bond donors (Lipinski definition) is 3. The van der Waals surface area contributed by atoms with E-state index in [4.69, 9.17) is 15.2 Å². The summed E-state index contributed by atoms with van der Waals surface area (Å²) in [6, 6.07) is 0.418. The van der Waals surface area contributed by atoms with Crippen LogP contribution in [0.3, 0.4) is 0 Å². The van der Waals surface area contributed by atoms with E-state index in [-0.39, 0.29) is 48.3 Å². The molecule has 1 saturated heterocycles. The Labute approximate surface area is 265 Å². The lowest BCUT2D eigenvalue weighted by Gasteiger charge is -2.38. The van der Waals surface area contributed by atoms with Gasteiger partial charge in [0.1, 0.15) is 36.1 Å². The van der Waals surface area contributed by atoms with Gasteiger partial charge in [0.05, 0.1) is 12.2 Å². The van der Waals surface area contributed by atoms with Crippen LogP contribution in [0.4, 0.5) is 23.7 Å². The number of benzene rings is 1. The summed E-state index contributed by atoms with van der Waals surface area (Å²) in [5, 5.41) is 4.44. The molecule has 1 aromatic carbocycles. The molecule has 1 aromatic rings. The van der Waals surface area contributed by atoms with Crippen LogP contribution in [-0.4, -0.2) is 78.2 Å². The number of anilines is 1. The Kier molecular flexibility index (Phi) is 8.81. The fraction of sp³-hybridized carbons (Fsp3) is 0.645. The third kappa shape index (κ3) is 6.87. The summed E-state index contributed by atoms with van der Waals surface area (Å²) in [7, 11) is 0. The highest BCUT2D eigenvalue weighted by Gasteiger charge is 2.70. The van der Waals surface area contributed by atoms with E-state index in [0.29, 0.717) is 5.69 Å². The average Bonchev–Trinajstić information content (AvgIpc) is 3.23. The number of likely N-dealkylation sites (tertiary alicyclic amines) is 1. The molecule has 46 heavy (non-hydrogen) atoms. The number of halogens is 3. The Hall–Kier alpha value is -4.04. The standard InChI is InChI=1S/C31H42F3N5O7/c1-28(2,3)22(37-26(43)31(32,33)34)25(42)39-14-16-19(30(16,7)8)21(39)24(41)36-20(23(35)40)15-9-10-17-18(13-15)45-12-11-38(17)27(44)46-29(4,5)6/h9-10,13,16,19-22H,11-12,14H2,1-8H3,(H2,35,40)(H,36,41)(H,37,43)/t16-,19-,20?,21-,22+/m0/s1. The van der Waals surface area contributed by atoms with Crippen LogP contribution < -0.4 is 26.0 Å². The van der Waals surface area contributed by atoms with Crippen LogP contribution in [0.15, 0.2) is 18.2 Å². The predicted molar refractivity (Wildman–Crippen MR) is 159 cm³/mol. The lowest BCUT2D eigenvalue weighted by Crippen LogP contribution is -2.61. The van der Waals surface area contributed by atoms with Crippen LogP contribution in [0, 0.1) is 22.7 Å². The van der Waals surface area contributed by atoms with E-state index in [2.05, 4.69) is 5.32 Å². The predicted octanol–water partition coefficient (Wildman–Crippen LogP) is 3.04. The van der Waals surface area contributed by atoms with Gasteiger partial charge in [-0.1, -0.05) is 40.7 Å². The van der Waals surface area contributed by atoms with Gasteiger partial charge in [-0.2, -0.15) is 13.2 Å². The second-order valence-corrected chi connectivity index (χ2v) is 14.7. The number of alkyl halides is 3. The zero-order chi connectivity index (χ0) is 34.7. The number of nitrogens with one attached hydrogen (secondary N) is 2. The Morgan fingerprint density at radius 1 is 1.04 bits per heavy atom. The van der Waals surface area contributed by atoms with Gasteiger partial charge in [0.2, 0.25) is 17.7 Å². The molecule has 1 saturated carbocycles. The minimum atomic E-state index is -5.22. The first-order valence-corrected chi connectivity index (χ1v) is 15.0. The van der Waals surface area contributed by atoms with E-state index in [0.717, 1.165) is 0 Å². The zero-order valence-electron chi connectivity index (χ0n) is 27.2. The van der Waals surface area contributed by atoms with Crippen LogP contribution in [0.2, 0.25) is 0 Å². The van der Waals surface area contributed by atoms with Crippen LogP contribution in [0.5, 0.6) is 5.75 Å². The van der Waals surface area contributed by atoms with E-state index >= 15 is 0 Å². The molecule has 5 amide bonds. The van der Waals surface area contributed by atoms with E-state index in [1.54, 1.807) is 26.8 Å². The van der Waals surface area contributed by atoms with Gasteiger partial charge in [-0.05, 0) is 61.1 Å². The lowest BCUT2D eigenvalue weighted by molar-refractivity contribution is -0.176. The van der Waals surface area contributed by atoms with Gasteiger partial charge in [-0.15, -0.1) is 0 Å². The minimum Gasteiger partial charge on any atom is -0.490 e. The molecular formula is C31H42F3N5O7. The summed E-state index contributed by atoms with van der Waals surface area (Å²) in [6.45, 7) is 14.0. The number of nitrogens with zero attached hydrogens (tertiary/aromatic N) is 2. The fourth-order valence-electron chi connectivity index (χ4n) is 6.31. The first kappa shape index (κ1) is 34.8. The number of piperidine rings is 1. The molecule has 1 unspecified atom stereocenters. The molecule has 254 valence electrons. The molecule has 3 aliphatic rings. The van der Waals surface area contributed by atoms with Crippen molar-refractivity contribution in [2.45, 2.75) is 85.3 Å². The number of carbonyl (C=O) groups excluding carboxylic acids is 5. The third-order valence-corrected chi connectivity index (χ3v) is 8.77. The maximum absolute atomic E-state index is 13.9. The van der Waals surface area contributed by atoms with Gasteiger partial charge < -0.3 is 30.7 Å². The van der Waals surface area contributed by atoms with E-state index in [1.807, 2.05) is 19.2 Å². The molecule has 5 atom stereocenters. The van der Waals surface area contributed by atoms with Crippen molar-refractivity contribution in [3.05, 3.63) is 23.8 Å². The van der Waals surface area contributed by atoms with Crippen LogP contribution in [-0.2, 0) is 23.9 Å². The van der Waals surface area contributed by atoms with E-state index in [1.165, 1.54) is 42.7 Å². The van der Waals surface area contributed by atoms with Gasteiger partial charge >= 0.3 is 18.2 Å². The van der Waals surface area contributed by atoms with Crippen LogP contribution in [0.1, 0.15) is 67.0 Å². The van der Waals surface area contributed by atoms with Crippen molar-refractivity contribution in [2.24, 2.45) is 28.4 Å². The van der Waals surface area contributed by atoms with E-state index < -0.39 is 65.0 Å². The Bertz CT molecular complexity index is 1430. The smallest absolute Gasteiger partial charge is 0.471 e. The molecular weight excluding hydrogens is 611 g/mol. The summed E-state index contributed by atoms with van der Waals surface area (Å²) >= 11 is 0. The van der Waals surface area contributed by atoms with Crippen LogP contribution >= 0.6 is 0 Å². The monoisotopic (exact) mass is 653 g/mol. The second-order valence-electron chi connectivity index (χ2n) is 14.7. The summed E-state index contributed by atoms with van der Waals surface area (Å²) in [6.07, 6.45) is -5.80. The summed E-state index contributed by atoms with van der Waals surface area (Å²) < 4.78 is 50.7. The fourth-order valence-corrected chi connectivity index (χ4v) is 6.31. The molecule has 2 aliphatic heterocycles. The van der Waals surface area contributed by atoms with Crippen molar-refractivity contribution < 1.29 is 46.6 Å². The van der Waals surface area contributed by atoms with Crippen molar-refractivity contribution in [1.29, 1.82) is 0 Å². The normalized spacial score (nSPS) is 23.2. The van der Waals surface area contributed by atoms with Crippen molar-refractivity contribution in [3.63, 3.8) is 0 Å². The summed E-state index contributed by atoms with van der Waals surface area (Å²) in [4.78, 5) is 67.6. The van der Waals surface area contributed by atoms with Crippen molar-refractivity contribution >= 4 is 35.4 Å². The number of rotatable bonds is 6. The van der Waals surface area contributed by atoms with Gasteiger partial charge in [0.25, 0.3) is 0 Å². The molecule has 1 aliphatic carbocycles. The lowest BCUT2D eigenvalue weighted by atomic mass is 9.85. The number of amides is 5. The Balaban J connectivity index is 1.60. The van der Waals surface area contributed by atoms with Gasteiger partial charge in [0, 0.05) is 6.54 Å². The van der Waals surface area contributed by atoms with E-state index in [9.17, 15) is 37.1 Å². The maximum atomic E-state index is 13.9. The molecule has 4 N–H and O–H groups in total. The largest absolute Gasteiger partial charge is 0.490 e. The maximum Gasteiger partial charge on any atom is 0.471 e. The molecule has 0 spiro atoms. The molecule has 0 radical (unpaired) electrons. The molecule has 0 bridgehead atoms. The number of nitrogens with two attached hydrogens (primary N) is 1. The molecule has 2 heterocycles. The number of ether oxygens (including phenoxy) is 2. The summed E-state index contributed by atoms with van der Waals surface area (Å²) in [5.74, 6) is -4.97. The van der Waals surface area contributed by atoms with Crippen molar-refractivity contribution in [3.8, 4) is 5.75 Å². The minimum absolute atomic E-state index is 0.0808. The average molecular weight is 654 g/mol. The van der Waals surface area contributed by atoms with Crippen LogP contribution in [0.25, 0.3) is 0 Å². The summed E-state index contributed by atoms with van der Waals surface area (Å²) in [5.41, 5.74) is 4.12. The Morgan fingerprint density at radius 3 is 2.22 bits per heavy atom. The van der Waals surface area contributed by atoms with Gasteiger partial charge in [-0.25, -0.2) is 4.79 Å². The Morgan fingerprint density at radius 2 is 1.67 bits per heavy atom. The second kappa shape index (κ2) is 11.6. The topological polar surface area (TPSA) is 160 Å². The third-order valence-electron chi connectivity index (χ3n) is 8.77. The van der Waals surface area contributed by atoms with Gasteiger partial charge in [0.15, 0.2) is 0 Å². The highest BCUT2D eigenvalue weighted by Crippen LogP contribution is 2.65. The number of hydrogen-bond acceptors (Lipinski definition) is 7. The molecule has 0 aromatic heterocycles. The van der Waals surface area contributed by atoms with Crippen molar-refractivity contribution in [1.82, 2.24) is 15.5 Å². The molecule has 4 rings (SSSR count). The zero-order valence-corrected chi connectivity index (χ0v) is 27.2. The van der Waals surface area contributed by atoms with Crippen molar-refractivity contribution in [2.75, 3.05) is 24.6 Å². The highest BCUT2D eigenvalue weighted by atomic mass is 19.4. The molecule has 12 nitrogen and oxygen atoms in total. The molecule has 15 heteroatoms. The first-order valence-electron chi connectivity index (χ1n) is 15.0. The highest BCUT2D eigenvalue weighted by molar-refractivity contribution is 5.97. The number of primary amides is 1. The first-order chi connectivity index (χ1) is 20.9.